The summed E-state index contributed by atoms with van der Waals surface area (Å²) in [6.45, 7) is 7.08. The number of rotatable bonds is 4. The predicted octanol–water partition coefficient (Wildman–Crippen LogP) is 4.28. The highest BCUT2D eigenvalue weighted by molar-refractivity contribution is 6.11. The van der Waals surface area contributed by atoms with Crippen molar-refractivity contribution in [2.45, 2.75) is 39.7 Å². The maximum absolute atomic E-state index is 13.4. The Hall–Kier alpha value is -3.41. The van der Waals surface area contributed by atoms with Crippen LogP contribution in [0.4, 0.5) is 5.69 Å². The van der Waals surface area contributed by atoms with E-state index in [1.807, 2.05) is 24.4 Å². The van der Waals surface area contributed by atoms with E-state index >= 15 is 0 Å². The number of anilines is 1. The largest absolute Gasteiger partial charge is 0.356 e. The Morgan fingerprint density at radius 3 is 2.81 bits per heavy atom. The highest BCUT2D eigenvalue weighted by Crippen LogP contribution is 2.46. The van der Waals surface area contributed by atoms with Gasteiger partial charge in [0.05, 0.1) is 17.6 Å². The van der Waals surface area contributed by atoms with Crippen LogP contribution in [0.25, 0.3) is 10.9 Å². The molecule has 0 unspecified atom stereocenters. The van der Waals surface area contributed by atoms with E-state index in [1.54, 1.807) is 6.20 Å². The molecule has 1 N–H and O–H groups in total. The predicted molar refractivity (Wildman–Crippen MR) is 121 cm³/mol. The SMILES string of the molecule is CC(=O)N1CC2=C(C1=O)[C@H](c1cccnc1)c1cn(CCC(C)C)c3cccc(c13)N2. The molecule has 2 aliphatic rings. The quantitative estimate of drug-likeness (QED) is 0.692. The van der Waals surface area contributed by atoms with Crippen LogP contribution in [0.5, 0.6) is 0 Å². The summed E-state index contributed by atoms with van der Waals surface area (Å²) in [5.74, 6) is -0.143. The Balaban J connectivity index is 1.75. The molecule has 6 heteroatoms. The molecule has 1 atom stereocenters. The number of pyridine rings is 1. The van der Waals surface area contributed by atoms with Gasteiger partial charge in [-0.05, 0) is 41.7 Å². The number of amides is 2. The smallest absolute Gasteiger partial charge is 0.259 e. The van der Waals surface area contributed by atoms with E-state index in [0.29, 0.717) is 11.5 Å². The van der Waals surface area contributed by atoms with Crippen molar-refractivity contribution >= 4 is 28.4 Å². The second-order valence-corrected chi connectivity index (χ2v) is 8.81. The van der Waals surface area contributed by atoms with Crippen LogP contribution in [-0.4, -0.2) is 32.8 Å². The third kappa shape index (κ3) is 3.14. The fourth-order valence-electron chi connectivity index (χ4n) is 4.75. The molecule has 0 bridgehead atoms. The number of hydrogen-bond donors (Lipinski definition) is 1. The van der Waals surface area contributed by atoms with Crippen molar-refractivity contribution in [3.8, 4) is 0 Å². The molecule has 4 heterocycles. The third-order valence-electron chi connectivity index (χ3n) is 6.28. The minimum Gasteiger partial charge on any atom is -0.356 e. The van der Waals surface area contributed by atoms with Crippen LogP contribution in [0, 0.1) is 5.92 Å². The van der Waals surface area contributed by atoms with E-state index in [1.165, 1.54) is 11.8 Å². The van der Waals surface area contributed by atoms with Crippen molar-refractivity contribution in [3.05, 3.63) is 71.3 Å². The Labute approximate surface area is 181 Å². The summed E-state index contributed by atoms with van der Waals surface area (Å²) in [5.41, 5.74) is 5.61. The van der Waals surface area contributed by atoms with Gasteiger partial charge >= 0.3 is 0 Å². The van der Waals surface area contributed by atoms with Gasteiger partial charge < -0.3 is 9.88 Å². The first-order valence-electron chi connectivity index (χ1n) is 10.8. The molecule has 2 aliphatic heterocycles. The monoisotopic (exact) mass is 414 g/mol. The molecule has 3 aromatic rings. The van der Waals surface area contributed by atoms with Crippen LogP contribution in [0.2, 0.25) is 0 Å². The van der Waals surface area contributed by atoms with Gasteiger partial charge in [-0.1, -0.05) is 26.0 Å². The first-order chi connectivity index (χ1) is 15.0. The molecule has 2 amide bonds. The van der Waals surface area contributed by atoms with Crippen molar-refractivity contribution < 1.29 is 9.59 Å². The molecule has 6 nitrogen and oxygen atoms in total. The summed E-state index contributed by atoms with van der Waals surface area (Å²) in [5, 5.41) is 4.65. The lowest BCUT2D eigenvalue weighted by atomic mass is 9.85. The third-order valence-corrected chi connectivity index (χ3v) is 6.28. The molecule has 0 fully saturated rings. The number of nitrogens with one attached hydrogen (secondary N) is 1. The normalized spacial score (nSPS) is 17.9. The minimum absolute atomic E-state index is 0.222. The van der Waals surface area contributed by atoms with E-state index in [2.05, 4.69) is 47.0 Å². The standard InChI is InChI=1S/C25H26N4O2/c1-15(2)9-11-28-13-18-22(17-6-5-10-26-12-17)24-20(14-29(16(3)30)25(24)31)27-19-7-4-8-21(28)23(18)19/h4-8,10,12-13,15,22,27H,9,11,14H2,1-3H3/t22-/m1/s1. The number of nitrogens with zero attached hydrogens (tertiary/aromatic N) is 3. The number of aryl methyl sites for hydroxylation is 1. The highest BCUT2D eigenvalue weighted by Gasteiger charge is 2.41. The molecule has 5 rings (SSSR count). The second kappa shape index (κ2) is 7.38. The number of carbonyl (C=O) groups is 2. The Morgan fingerprint density at radius 2 is 2.10 bits per heavy atom. The number of hydrogen-bond acceptors (Lipinski definition) is 4. The zero-order valence-corrected chi connectivity index (χ0v) is 18.1. The second-order valence-electron chi connectivity index (χ2n) is 8.81. The van der Waals surface area contributed by atoms with Crippen molar-refractivity contribution in [2.75, 3.05) is 11.9 Å². The molecule has 2 aromatic heterocycles. The summed E-state index contributed by atoms with van der Waals surface area (Å²) >= 11 is 0. The van der Waals surface area contributed by atoms with Crippen LogP contribution in [0.3, 0.4) is 0 Å². The lowest BCUT2D eigenvalue weighted by Gasteiger charge is -2.19. The molecule has 31 heavy (non-hydrogen) atoms. The fourth-order valence-corrected chi connectivity index (χ4v) is 4.75. The average molecular weight is 415 g/mol. The zero-order chi connectivity index (χ0) is 21.7. The molecule has 0 spiro atoms. The van der Waals surface area contributed by atoms with Crippen LogP contribution in [0.1, 0.15) is 44.2 Å². The molecule has 0 radical (unpaired) electrons. The van der Waals surface area contributed by atoms with Crippen molar-refractivity contribution in [1.82, 2.24) is 14.5 Å². The molecule has 0 saturated heterocycles. The van der Waals surface area contributed by atoms with Crippen LogP contribution in [-0.2, 0) is 16.1 Å². The van der Waals surface area contributed by atoms with Gasteiger partial charge in [-0.2, -0.15) is 0 Å². The number of carbonyl (C=O) groups excluding carboxylic acids is 2. The number of imide groups is 1. The Kier molecular flexibility index (Phi) is 4.65. The Morgan fingerprint density at radius 1 is 1.26 bits per heavy atom. The van der Waals surface area contributed by atoms with E-state index in [-0.39, 0.29) is 24.3 Å². The molecule has 0 saturated carbocycles. The van der Waals surface area contributed by atoms with E-state index in [4.69, 9.17) is 0 Å². The van der Waals surface area contributed by atoms with E-state index < -0.39 is 0 Å². The molecule has 1 aromatic carbocycles. The average Bonchev–Trinajstić information content (AvgIpc) is 3.23. The van der Waals surface area contributed by atoms with Crippen molar-refractivity contribution in [3.63, 3.8) is 0 Å². The summed E-state index contributed by atoms with van der Waals surface area (Å²) in [4.78, 5) is 31.2. The summed E-state index contributed by atoms with van der Waals surface area (Å²) in [6.07, 6.45) is 6.83. The van der Waals surface area contributed by atoms with Gasteiger partial charge in [0, 0.05) is 54.7 Å². The van der Waals surface area contributed by atoms with Crippen LogP contribution in [0.15, 0.2) is 60.2 Å². The van der Waals surface area contributed by atoms with Gasteiger partial charge in [-0.15, -0.1) is 0 Å². The maximum Gasteiger partial charge on any atom is 0.259 e. The molecular formula is C25H26N4O2. The van der Waals surface area contributed by atoms with Gasteiger partial charge in [-0.3, -0.25) is 19.5 Å². The highest BCUT2D eigenvalue weighted by atomic mass is 16.2. The summed E-state index contributed by atoms with van der Waals surface area (Å²) in [7, 11) is 0. The molecular weight excluding hydrogens is 388 g/mol. The van der Waals surface area contributed by atoms with Crippen molar-refractivity contribution in [2.24, 2.45) is 5.92 Å². The van der Waals surface area contributed by atoms with E-state index in [9.17, 15) is 9.59 Å². The molecule has 0 aliphatic carbocycles. The summed E-state index contributed by atoms with van der Waals surface area (Å²) in [6, 6.07) is 10.1. The van der Waals surface area contributed by atoms with Crippen LogP contribution >= 0.6 is 0 Å². The number of aromatic nitrogens is 2. The van der Waals surface area contributed by atoms with Gasteiger partial charge in [0.25, 0.3) is 5.91 Å². The van der Waals surface area contributed by atoms with Gasteiger partial charge in [0.1, 0.15) is 0 Å². The summed E-state index contributed by atoms with van der Waals surface area (Å²) < 4.78 is 2.30. The first kappa shape index (κ1) is 19.5. The Bertz CT molecular complexity index is 1220. The van der Waals surface area contributed by atoms with Gasteiger partial charge in [-0.25, -0.2) is 0 Å². The topological polar surface area (TPSA) is 67.2 Å². The lowest BCUT2D eigenvalue weighted by molar-refractivity contribution is -0.139. The van der Waals surface area contributed by atoms with E-state index in [0.717, 1.165) is 46.4 Å². The fraction of sp³-hybridized carbons (Fsp3) is 0.320. The maximum atomic E-state index is 13.4. The van der Waals surface area contributed by atoms with Crippen molar-refractivity contribution in [1.29, 1.82) is 0 Å². The lowest BCUT2D eigenvalue weighted by Crippen LogP contribution is -2.33. The van der Waals surface area contributed by atoms with Gasteiger partial charge in [0.15, 0.2) is 0 Å². The van der Waals surface area contributed by atoms with Gasteiger partial charge in [0.2, 0.25) is 5.91 Å². The molecule has 158 valence electrons. The zero-order valence-electron chi connectivity index (χ0n) is 18.1. The van der Waals surface area contributed by atoms with Crippen LogP contribution < -0.4 is 5.32 Å². The minimum atomic E-state index is -0.278. The number of benzene rings is 1. The first-order valence-corrected chi connectivity index (χ1v) is 10.8.